The molecule has 0 radical (unpaired) electrons. The molecule has 6 nitrogen and oxygen atoms in total. The number of para-hydroxylation sites is 1. The lowest BCUT2D eigenvalue weighted by molar-refractivity contribution is -0.384. The summed E-state index contributed by atoms with van der Waals surface area (Å²) in [5.41, 5.74) is 1.33. The molecule has 0 amide bonds. The van der Waals surface area contributed by atoms with Crippen LogP contribution in [0.15, 0.2) is 18.2 Å². The van der Waals surface area contributed by atoms with Crippen LogP contribution < -0.4 is 5.32 Å². The van der Waals surface area contributed by atoms with Crippen molar-refractivity contribution in [1.29, 1.82) is 0 Å². The van der Waals surface area contributed by atoms with Gasteiger partial charge in [-0.2, -0.15) is 0 Å². The van der Waals surface area contributed by atoms with Crippen LogP contribution in [0.2, 0.25) is 0 Å². The topological polar surface area (TPSA) is 67.6 Å². The van der Waals surface area contributed by atoms with Gasteiger partial charge in [0.15, 0.2) is 0 Å². The quantitative estimate of drug-likeness (QED) is 0.442. The molecule has 0 saturated carbocycles. The highest BCUT2D eigenvalue weighted by Gasteiger charge is 2.15. The standard InChI is InChI=1S/C13H21N3O3/c1-11-5-4-6-12(13(11)16(17)18)14-7-9-19-10-8-15(2)3/h4-6,14H,7-10H2,1-3H3. The number of aryl methyl sites for hydroxylation is 1. The van der Waals surface area contributed by atoms with Crippen molar-refractivity contribution >= 4 is 11.4 Å². The number of anilines is 1. The van der Waals surface area contributed by atoms with Crippen molar-refractivity contribution in [1.82, 2.24) is 4.90 Å². The Labute approximate surface area is 113 Å². The maximum absolute atomic E-state index is 11.0. The molecular formula is C13H21N3O3. The van der Waals surface area contributed by atoms with Crippen molar-refractivity contribution < 1.29 is 9.66 Å². The van der Waals surface area contributed by atoms with E-state index < -0.39 is 0 Å². The van der Waals surface area contributed by atoms with Gasteiger partial charge in [0, 0.05) is 18.7 Å². The Bertz CT molecular complexity index is 422. The van der Waals surface area contributed by atoms with E-state index in [-0.39, 0.29) is 10.6 Å². The highest BCUT2D eigenvalue weighted by Crippen LogP contribution is 2.27. The highest BCUT2D eigenvalue weighted by molar-refractivity contribution is 5.64. The van der Waals surface area contributed by atoms with Crippen LogP contribution in [-0.2, 0) is 4.74 Å². The number of nitrogens with zero attached hydrogens (tertiary/aromatic N) is 2. The van der Waals surface area contributed by atoms with Gasteiger partial charge in [0.25, 0.3) is 5.69 Å². The Balaban J connectivity index is 2.41. The molecule has 1 aromatic carbocycles. The van der Waals surface area contributed by atoms with Gasteiger partial charge in [-0.15, -0.1) is 0 Å². The first-order valence-corrected chi connectivity index (χ1v) is 6.22. The number of likely N-dealkylation sites (N-methyl/N-ethyl adjacent to an activating group) is 1. The lowest BCUT2D eigenvalue weighted by Crippen LogP contribution is -2.20. The lowest BCUT2D eigenvalue weighted by Gasteiger charge is -2.11. The molecule has 1 aromatic rings. The molecule has 1 rings (SSSR count). The predicted molar refractivity (Wildman–Crippen MR) is 75.7 cm³/mol. The van der Waals surface area contributed by atoms with Gasteiger partial charge in [-0.3, -0.25) is 10.1 Å². The second-order valence-corrected chi connectivity index (χ2v) is 4.57. The molecule has 106 valence electrons. The molecule has 1 N–H and O–H groups in total. The SMILES string of the molecule is Cc1cccc(NCCOCCN(C)C)c1[N+](=O)[O-]. The normalized spacial score (nSPS) is 10.7. The van der Waals surface area contributed by atoms with Gasteiger partial charge < -0.3 is 15.0 Å². The average Bonchev–Trinajstić information content (AvgIpc) is 2.32. The third-order valence-corrected chi connectivity index (χ3v) is 2.67. The first-order chi connectivity index (χ1) is 9.02. The number of benzene rings is 1. The van der Waals surface area contributed by atoms with E-state index in [1.54, 1.807) is 25.1 Å². The van der Waals surface area contributed by atoms with Gasteiger partial charge in [-0.25, -0.2) is 0 Å². The van der Waals surface area contributed by atoms with Gasteiger partial charge in [-0.1, -0.05) is 12.1 Å². The summed E-state index contributed by atoms with van der Waals surface area (Å²) in [6.07, 6.45) is 0. The molecule has 0 atom stereocenters. The molecule has 0 fully saturated rings. The monoisotopic (exact) mass is 267 g/mol. The minimum absolute atomic E-state index is 0.135. The maximum Gasteiger partial charge on any atom is 0.295 e. The van der Waals surface area contributed by atoms with Crippen LogP contribution in [-0.4, -0.2) is 50.2 Å². The predicted octanol–water partition coefficient (Wildman–Crippen LogP) is 1.89. The molecular weight excluding hydrogens is 246 g/mol. The third-order valence-electron chi connectivity index (χ3n) is 2.67. The largest absolute Gasteiger partial charge is 0.378 e. The van der Waals surface area contributed by atoms with E-state index in [9.17, 15) is 10.1 Å². The van der Waals surface area contributed by atoms with Crippen LogP contribution >= 0.6 is 0 Å². The minimum atomic E-state index is -0.357. The van der Waals surface area contributed by atoms with Crippen molar-refractivity contribution in [3.63, 3.8) is 0 Å². The minimum Gasteiger partial charge on any atom is -0.378 e. The first kappa shape index (κ1) is 15.4. The summed E-state index contributed by atoms with van der Waals surface area (Å²) in [6.45, 7) is 4.34. The lowest BCUT2D eigenvalue weighted by atomic mass is 10.1. The van der Waals surface area contributed by atoms with Crippen LogP contribution in [0.1, 0.15) is 5.56 Å². The van der Waals surface area contributed by atoms with Crippen molar-refractivity contribution in [3.8, 4) is 0 Å². The summed E-state index contributed by atoms with van der Waals surface area (Å²) < 4.78 is 5.42. The zero-order valence-corrected chi connectivity index (χ0v) is 11.7. The fourth-order valence-corrected chi connectivity index (χ4v) is 1.65. The zero-order valence-electron chi connectivity index (χ0n) is 11.7. The molecule has 0 saturated heterocycles. The summed E-state index contributed by atoms with van der Waals surface area (Å²) in [5.74, 6) is 0. The summed E-state index contributed by atoms with van der Waals surface area (Å²) >= 11 is 0. The number of hydrogen-bond acceptors (Lipinski definition) is 5. The maximum atomic E-state index is 11.0. The molecule has 0 bridgehead atoms. The van der Waals surface area contributed by atoms with Crippen LogP contribution in [0.25, 0.3) is 0 Å². The number of rotatable bonds is 8. The van der Waals surface area contributed by atoms with E-state index in [2.05, 4.69) is 5.32 Å². The van der Waals surface area contributed by atoms with Crippen molar-refractivity contribution in [2.45, 2.75) is 6.92 Å². The Morgan fingerprint density at radius 2 is 2.11 bits per heavy atom. The summed E-state index contributed by atoms with van der Waals surface area (Å²) in [4.78, 5) is 12.7. The smallest absolute Gasteiger partial charge is 0.295 e. The van der Waals surface area contributed by atoms with Crippen molar-refractivity contribution in [2.75, 3.05) is 45.7 Å². The Hall–Kier alpha value is -1.66. The summed E-state index contributed by atoms with van der Waals surface area (Å²) in [5, 5.41) is 14.0. The summed E-state index contributed by atoms with van der Waals surface area (Å²) in [6, 6.07) is 5.25. The molecule has 0 unspecified atom stereocenters. The van der Waals surface area contributed by atoms with Gasteiger partial charge in [0.1, 0.15) is 5.69 Å². The second kappa shape index (κ2) is 7.70. The van der Waals surface area contributed by atoms with Crippen LogP contribution in [0.3, 0.4) is 0 Å². The van der Waals surface area contributed by atoms with E-state index in [4.69, 9.17) is 4.74 Å². The number of nitro groups is 1. The van der Waals surface area contributed by atoms with E-state index in [0.717, 1.165) is 6.54 Å². The van der Waals surface area contributed by atoms with Gasteiger partial charge in [0.2, 0.25) is 0 Å². The van der Waals surface area contributed by atoms with E-state index in [1.165, 1.54) is 0 Å². The molecule has 19 heavy (non-hydrogen) atoms. The first-order valence-electron chi connectivity index (χ1n) is 6.22. The van der Waals surface area contributed by atoms with Gasteiger partial charge >= 0.3 is 0 Å². The van der Waals surface area contributed by atoms with Crippen molar-refractivity contribution in [2.24, 2.45) is 0 Å². The van der Waals surface area contributed by atoms with Crippen molar-refractivity contribution in [3.05, 3.63) is 33.9 Å². The molecule has 0 spiro atoms. The number of hydrogen-bond donors (Lipinski definition) is 1. The molecule has 0 heterocycles. The fourth-order valence-electron chi connectivity index (χ4n) is 1.65. The number of nitrogens with one attached hydrogen (secondary N) is 1. The van der Waals surface area contributed by atoms with Crippen LogP contribution in [0.4, 0.5) is 11.4 Å². The third kappa shape index (κ3) is 5.23. The van der Waals surface area contributed by atoms with E-state index >= 15 is 0 Å². The van der Waals surface area contributed by atoms with Gasteiger partial charge in [0.05, 0.1) is 18.1 Å². The molecule has 0 aliphatic heterocycles. The second-order valence-electron chi connectivity index (χ2n) is 4.57. The van der Waals surface area contributed by atoms with Gasteiger partial charge in [-0.05, 0) is 27.1 Å². The van der Waals surface area contributed by atoms with E-state index in [1.807, 2.05) is 19.0 Å². The fraction of sp³-hybridized carbons (Fsp3) is 0.538. The molecule has 0 aliphatic carbocycles. The Morgan fingerprint density at radius 1 is 1.37 bits per heavy atom. The Kier molecular flexibility index (Phi) is 6.24. The zero-order chi connectivity index (χ0) is 14.3. The van der Waals surface area contributed by atoms with Crippen LogP contribution in [0, 0.1) is 17.0 Å². The number of ether oxygens (including phenoxy) is 1. The average molecular weight is 267 g/mol. The Morgan fingerprint density at radius 3 is 2.74 bits per heavy atom. The molecule has 0 aliphatic rings. The highest BCUT2D eigenvalue weighted by atomic mass is 16.6. The summed E-state index contributed by atoms with van der Waals surface area (Å²) in [7, 11) is 3.97. The van der Waals surface area contributed by atoms with Crippen LogP contribution in [0.5, 0.6) is 0 Å². The molecule has 0 aromatic heterocycles. The number of nitro benzene ring substituents is 1. The molecule has 6 heteroatoms. The van der Waals surface area contributed by atoms with E-state index in [0.29, 0.717) is 31.0 Å².